The number of hydrogen-bond acceptors (Lipinski definition) is 2. The number of nitrogens with zero attached hydrogens (tertiary/aromatic N) is 1. The molecule has 1 aromatic carbocycles. The van der Waals surface area contributed by atoms with Crippen LogP contribution in [0.5, 0.6) is 0 Å². The highest BCUT2D eigenvalue weighted by atomic mass is 19.1. The van der Waals surface area contributed by atoms with E-state index in [0.717, 1.165) is 37.8 Å². The molecule has 0 unspecified atom stereocenters. The molecule has 2 aliphatic rings. The molecule has 0 aromatic heterocycles. The zero-order chi connectivity index (χ0) is 16.4. The summed E-state index contributed by atoms with van der Waals surface area (Å²) >= 11 is 0. The zero-order valence-corrected chi connectivity index (χ0v) is 13.1. The Bertz CT molecular complexity index is 612. The van der Waals surface area contributed by atoms with Crippen molar-refractivity contribution in [2.45, 2.75) is 43.9 Å². The summed E-state index contributed by atoms with van der Waals surface area (Å²) in [6.07, 6.45) is 4.20. The van der Waals surface area contributed by atoms with Gasteiger partial charge in [0.2, 0.25) is 5.91 Å². The first-order valence-electron chi connectivity index (χ1n) is 8.28. The van der Waals surface area contributed by atoms with E-state index in [1.165, 1.54) is 12.1 Å². The van der Waals surface area contributed by atoms with Crippen LogP contribution in [0.3, 0.4) is 0 Å². The summed E-state index contributed by atoms with van der Waals surface area (Å²) in [5.41, 5.74) is 0.228. The second kappa shape index (κ2) is 6.30. The largest absolute Gasteiger partial charge is 0.481 e. The van der Waals surface area contributed by atoms with E-state index in [9.17, 15) is 14.0 Å². The average Bonchev–Trinajstić information content (AvgIpc) is 3.34. The number of carbonyl (C=O) groups is 2. The van der Waals surface area contributed by atoms with Gasteiger partial charge in [-0.1, -0.05) is 12.1 Å². The Labute approximate surface area is 135 Å². The van der Waals surface area contributed by atoms with Crippen molar-refractivity contribution in [2.75, 3.05) is 13.1 Å². The SMILES string of the molecule is O=C(O)CC[C@@H]1CCCN(C(=O)C2(c3cccc(F)c3)CC2)C1. The number of piperidine rings is 1. The Kier molecular flexibility index (Phi) is 4.37. The number of halogens is 1. The van der Waals surface area contributed by atoms with Gasteiger partial charge in [0.1, 0.15) is 5.82 Å². The number of carbonyl (C=O) groups excluding carboxylic acids is 1. The highest BCUT2D eigenvalue weighted by Crippen LogP contribution is 2.50. The predicted molar refractivity (Wildman–Crippen MR) is 83.5 cm³/mol. The Morgan fingerprint density at radius 3 is 2.78 bits per heavy atom. The first kappa shape index (κ1) is 16.0. The van der Waals surface area contributed by atoms with Gasteiger partial charge in [-0.25, -0.2) is 4.39 Å². The molecule has 0 radical (unpaired) electrons. The molecule has 3 rings (SSSR count). The lowest BCUT2D eigenvalue weighted by atomic mass is 9.89. The van der Waals surface area contributed by atoms with Crippen LogP contribution in [0.2, 0.25) is 0 Å². The summed E-state index contributed by atoms with van der Waals surface area (Å²) in [6, 6.07) is 6.35. The average molecular weight is 319 g/mol. The number of carboxylic acid groups (broad SMARTS) is 1. The van der Waals surface area contributed by atoms with Crippen LogP contribution in [0.25, 0.3) is 0 Å². The lowest BCUT2D eigenvalue weighted by molar-refractivity contribution is -0.137. The third-order valence-electron chi connectivity index (χ3n) is 5.11. The molecule has 4 nitrogen and oxygen atoms in total. The van der Waals surface area contributed by atoms with E-state index >= 15 is 0 Å². The summed E-state index contributed by atoms with van der Waals surface area (Å²) in [5, 5.41) is 8.82. The molecule has 23 heavy (non-hydrogen) atoms. The van der Waals surface area contributed by atoms with Gasteiger partial charge in [0.15, 0.2) is 0 Å². The number of benzene rings is 1. The van der Waals surface area contributed by atoms with E-state index < -0.39 is 11.4 Å². The maximum atomic E-state index is 13.5. The third-order valence-corrected chi connectivity index (χ3v) is 5.11. The van der Waals surface area contributed by atoms with Crippen molar-refractivity contribution in [1.82, 2.24) is 4.90 Å². The molecule has 1 aliphatic carbocycles. The van der Waals surface area contributed by atoms with E-state index in [4.69, 9.17) is 5.11 Å². The summed E-state index contributed by atoms with van der Waals surface area (Å²) in [4.78, 5) is 25.6. The van der Waals surface area contributed by atoms with Crippen molar-refractivity contribution < 1.29 is 19.1 Å². The van der Waals surface area contributed by atoms with E-state index in [1.54, 1.807) is 6.07 Å². The van der Waals surface area contributed by atoms with Crippen molar-refractivity contribution in [2.24, 2.45) is 5.92 Å². The molecule has 0 spiro atoms. The highest BCUT2D eigenvalue weighted by Gasteiger charge is 2.53. The van der Waals surface area contributed by atoms with Gasteiger partial charge >= 0.3 is 5.97 Å². The number of carboxylic acids is 1. The van der Waals surface area contributed by atoms with E-state index in [0.29, 0.717) is 13.0 Å². The monoisotopic (exact) mass is 319 g/mol. The maximum Gasteiger partial charge on any atom is 0.303 e. The van der Waals surface area contributed by atoms with Crippen LogP contribution < -0.4 is 0 Å². The minimum Gasteiger partial charge on any atom is -0.481 e. The molecule has 1 N–H and O–H groups in total. The number of likely N-dealkylation sites (tertiary alicyclic amines) is 1. The molecule has 2 fully saturated rings. The van der Waals surface area contributed by atoms with Gasteiger partial charge < -0.3 is 10.0 Å². The van der Waals surface area contributed by atoms with Crippen molar-refractivity contribution >= 4 is 11.9 Å². The molecule has 0 bridgehead atoms. The van der Waals surface area contributed by atoms with Gasteiger partial charge in [-0.2, -0.15) is 0 Å². The standard InChI is InChI=1S/C18H22FNO3/c19-15-5-1-4-14(11-15)18(8-9-18)17(23)20-10-2-3-13(12-20)6-7-16(21)22/h1,4-5,11,13H,2-3,6-10,12H2,(H,21,22)/t13-/m0/s1. The van der Waals surface area contributed by atoms with Crippen molar-refractivity contribution in [1.29, 1.82) is 0 Å². The van der Waals surface area contributed by atoms with E-state index in [2.05, 4.69) is 0 Å². The van der Waals surface area contributed by atoms with Crippen LogP contribution in [0.4, 0.5) is 4.39 Å². The van der Waals surface area contributed by atoms with Gasteiger partial charge in [0.05, 0.1) is 5.41 Å². The van der Waals surface area contributed by atoms with Crippen LogP contribution in [0, 0.1) is 11.7 Å². The van der Waals surface area contributed by atoms with Crippen LogP contribution in [0.1, 0.15) is 44.1 Å². The van der Waals surface area contributed by atoms with Crippen LogP contribution in [0.15, 0.2) is 24.3 Å². The number of hydrogen-bond donors (Lipinski definition) is 1. The quantitative estimate of drug-likeness (QED) is 0.908. The molecular formula is C18H22FNO3. The van der Waals surface area contributed by atoms with Crippen LogP contribution in [-0.2, 0) is 15.0 Å². The Morgan fingerprint density at radius 2 is 2.13 bits per heavy atom. The fourth-order valence-electron chi connectivity index (χ4n) is 3.65. The molecule has 1 atom stereocenters. The van der Waals surface area contributed by atoms with Crippen molar-refractivity contribution in [3.8, 4) is 0 Å². The molecule has 124 valence electrons. The van der Waals surface area contributed by atoms with Gasteiger partial charge in [-0.05, 0) is 55.7 Å². The molecular weight excluding hydrogens is 297 g/mol. The first-order valence-corrected chi connectivity index (χ1v) is 8.28. The fourth-order valence-corrected chi connectivity index (χ4v) is 3.65. The summed E-state index contributed by atoms with van der Waals surface area (Å²) < 4.78 is 13.5. The predicted octanol–water partition coefficient (Wildman–Crippen LogP) is 2.96. The van der Waals surface area contributed by atoms with Gasteiger partial charge in [0, 0.05) is 19.5 Å². The van der Waals surface area contributed by atoms with Gasteiger partial charge in [0.25, 0.3) is 0 Å². The second-order valence-electron chi connectivity index (χ2n) is 6.78. The highest BCUT2D eigenvalue weighted by molar-refractivity contribution is 5.91. The number of amides is 1. The lowest BCUT2D eigenvalue weighted by Gasteiger charge is -2.35. The lowest BCUT2D eigenvalue weighted by Crippen LogP contribution is -2.45. The van der Waals surface area contributed by atoms with Gasteiger partial charge in [-0.3, -0.25) is 9.59 Å². The third kappa shape index (κ3) is 3.38. The topological polar surface area (TPSA) is 57.6 Å². The number of rotatable bonds is 5. The van der Waals surface area contributed by atoms with Crippen LogP contribution >= 0.6 is 0 Å². The van der Waals surface area contributed by atoms with Crippen LogP contribution in [-0.4, -0.2) is 35.0 Å². The molecule has 1 amide bonds. The summed E-state index contributed by atoms with van der Waals surface area (Å²) in [5.74, 6) is -0.748. The van der Waals surface area contributed by atoms with Crippen molar-refractivity contribution in [3.05, 3.63) is 35.6 Å². The smallest absolute Gasteiger partial charge is 0.303 e. The molecule has 1 aliphatic heterocycles. The summed E-state index contributed by atoms with van der Waals surface area (Å²) in [6.45, 7) is 1.35. The van der Waals surface area contributed by atoms with Gasteiger partial charge in [-0.15, -0.1) is 0 Å². The molecule has 5 heteroatoms. The molecule has 1 saturated heterocycles. The summed E-state index contributed by atoms with van der Waals surface area (Å²) in [7, 11) is 0. The van der Waals surface area contributed by atoms with Crippen molar-refractivity contribution in [3.63, 3.8) is 0 Å². The molecule has 1 aromatic rings. The minimum absolute atomic E-state index is 0.0862. The van der Waals surface area contributed by atoms with E-state index in [-0.39, 0.29) is 24.1 Å². The Hall–Kier alpha value is -1.91. The molecule has 1 heterocycles. The number of aliphatic carboxylic acids is 1. The maximum absolute atomic E-state index is 13.5. The Morgan fingerprint density at radius 1 is 1.35 bits per heavy atom. The molecule has 1 saturated carbocycles. The fraction of sp³-hybridized carbons (Fsp3) is 0.556. The zero-order valence-electron chi connectivity index (χ0n) is 13.1. The second-order valence-corrected chi connectivity index (χ2v) is 6.78. The van der Waals surface area contributed by atoms with E-state index in [1.807, 2.05) is 11.0 Å². The first-order chi connectivity index (χ1) is 11.0. The normalized spacial score (nSPS) is 22.7. The Balaban J connectivity index is 1.69. The minimum atomic E-state index is -0.785.